The van der Waals surface area contributed by atoms with Crippen molar-refractivity contribution in [2.45, 2.75) is 13.8 Å². The number of nitrogens with one attached hydrogen (secondary N) is 2. The number of ether oxygens (including phenoxy) is 1. The van der Waals surface area contributed by atoms with Crippen molar-refractivity contribution in [2.75, 3.05) is 10.6 Å². The van der Waals surface area contributed by atoms with E-state index in [1.807, 2.05) is 0 Å². The van der Waals surface area contributed by atoms with Gasteiger partial charge in [0.15, 0.2) is 17.3 Å². The van der Waals surface area contributed by atoms with Crippen LogP contribution in [-0.4, -0.2) is 26.6 Å². The van der Waals surface area contributed by atoms with Crippen LogP contribution < -0.4 is 20.9 Å². The van der Waals surface area contributed by atoms with Crippen LogP contribution in [0.2, 0.25) is 0 Å². The molecule has 2 heterocycles. The molecule has 4 rings (SSSR count). The van der Waals surface area contributed by atoms with Gasteiger partial charge >= 0.3 is 0 Å². The topological polar surface area (TPSA) is 115 Å². The number of rotatable bonds is 6. The predicted octanol–water partition coefficient (Wildman–Crippen LogP) is 4.22. The lowest BCUT2D eigenvalue weighted by Crippen LogP contribution is -2.26. The van der Waals surface area contributed by atoms with E-state index in [0.717, 1.165) is 10.7 Å². The van der Waals surface area contributed by atoms with Crippen molar-refractivity contribution in [1.82, 2.24) is 14.8 Å². The van der Waals surface area contributed by atoms with Gasteiger partial charge in [0.2, 0.25) is 5.91 Å². The Morgan fingerprint density at radius 2 is 1.72 bits per heavy atom. The van der Waals surface area contributed by atoms with Crippen LogP contribution in [0.25, 0.3) is 5.69 Å². The molecule has 2 aromatic heterocycles. The highest BCUT2D eigenvalue weighted by Crippen LogP contribution is 2.28. The molecule has 0 aliphatic rings. The Hall–Kier alpha value is -4.93. The number of amides is 2. The molecule has 2 amide bonds. The first-order valence-electron chi connectivity index (χ1n) is 10.6. The molecule has 0 atom stereocenters. The molecule has 0 saturated heterocycles. The third-order valence-electron chi connectivity index (χ3n) is 4.86. The lowest BCUT2D eigenvalue weighted by Gasteiger charge is -2.12. The fourth-order valence-corrected chi connectivity index (χ4v) is 3.24. The smallest absolute Gasteiger partial charge is 0.276 e. The first kappa shape index (κ1) is 24.2. The van der Waals surface area contributed by atoms with Crippen molar-refractivity contribution in [1.29, 1.82) is 0 Å². The number of carbonyl (C=O) groups excluding carboxylic acids is 2. The second-order valence-electron chi connectivity index (χ2n) is 7.66. The molecule has 0 bridgehead atoms. The number of benzene rings is 2. The predicted molar refractivity (Wildman–Crippen MR) is 127 cm³/mol. The van der Waals surface area contributed by atoms with Crippen LogP contribution >= 0.6 is 0 Å². The van der Waals surface area contributed by atoms with Crippen LogP contribution in [0.4, 0.5) is 20.3 Å². The first-order valence-corrected chi connectivity index (χ1v) is 10.6. The normalized spacial score (nSPS) is 10.6. The average molecular weight is 491 g/mol. The molecule has 2 aromatic carbocycles. The summed E-state index contributed by atoms with van der Waals surface area (Å²) in [6.45, 7) is 2.87. The number of pyridine rings is 1. The fraction of sp³-hybridized carbons (Fsp3) is 0.0800. The zero-order valence-electron chi connectivity index (χ0n) is 19.1. The van der Waals surface area contributed by atoms with Gasteiger partial charge in [-0.15, -0.1) is 0 Å². The van der Waals surface area contributed by atoms with E-state index >= 15 is 0 Å². The second kappa shape index (κ2) is 10.1. The largest absolute Gasteiger partial charge is 0.454 e. The van der Waals surface area contributed by atoms with E-state index in [0.29, 0.717) is 5.56 Å². The highest BCUT2D eigenvalue weighted by Gasteiger charge is 2.16. The van der Waals surface area contributed by atoms with Gasteiger partial charge < -0.3 is 15.4 Å². The van der Waals surface area contributed by atoms with Crippen molar-refractivity contribution in [3.63, 3.8) is 0 Å². The van der Waals surface area contributed by atoms with E-state index in [-0.39, 0.29) is 40.3 Å². The summed E-state index contributed by atoms with van der Waals surface area (Å²) in [5.41, 5.74) is 0.145. The van der Waals surface area contributed by atoms with E-state index < -0.39 is 23.1 Å². The van der Waals surface area contributed by atoms with Gasteiger partial charge in [0.05, 0.1) is 5.69 Å². The zero-order valence-corrected chi connectivity index (χ0v) is 19.1. The molecular weight excluding hydrogens is 472 g/mol. The zero-order chi connectivity index (χ0) is 25.8. The minimum absolute atomic E-state index is 0.0676. The van der Waals surface area contributed by atoms with Gasteiger partial charge in [0, 0.05) is 37.0 Å². The number of hydrogen-bond donors (Lipinski definition) is 2. The number of halogens is 2. The Morgan fingerprint density at radius 3 is 2.42 bits per heavy atom. The van der Waals surface area contributed by atoms with Gasteiger partial charge in [-0.2, -0.15) is 9.78 Å². The lowest BCUT2D eigenvalue weighted by atomic mass is 10.2. The number of aromatic nitrogens is 3. The third kappa shape index (κ3) is 5.58. The first-order chi connectivity index (χ1) is 17.2. The maximum atomic E-state index is 14.7. The molecule has 11 heteroatoms. The Kier molecular flexibility index (Phi) is 6.81. The van der Waals surface area contributed by atoms with Crippen LogP contribution in [0.5, 0.6) is 11.5 Å². The molecule has 182 valence electrons. The number of carbonyl (C=O) groups is 2. The molecule has 0 radical (unpaired) electrons. The molecule has 0 aliphatic heterocycles. The van der Waals surface area contributed by atoms with E-state index in [1.165, 1.54) is 67.7 Å². The van der Waals surface area contributed by atoms with Crippen molar-refractivity contribution >= 4 is 23.3 Å². The van der Waals surface area contributed by atoms with Gasteiger partial charge in [-0.3, -0.25) is 14.4 Å². The summed E-state index contributed by atoms with van der Waals surface area (Å²) in [5, 5.41) is 9.15. The number of hydrogen-bond acceptors (Lipinski definition) is 6. The average Bonchev–Trinajstić information content (AvgIpc) is 2.81. The second-order valence-corrected chi connectivity index (χ2v) is 7.66. The minimum Gasteiger partial charge on any atom is -0.454 e. The van der Waals surface area contributed by atoms with Gasteiger partial charge in [0.25, 0.3) is 11.5 Å². The maximum Gasteiger partial charge on any atom is 0.276 e. The summed E-state index contributed by atoms with van der Waals surface area (Å²) in [4.78, 5) is 40.4. The quantitative estimate of drug-likeness (QED) is 0.417. The standard InChI is InChI=1S/C25H19F2N5O4/c1-14-11-23(34)32(18-6-3-16(26)4-7-18)31-24(14)25(35)30-17-5-8-21(20(27)12-17)36-19-9-10-28-22(13-19)29-15(2)33/h3-13H,1-2H3,(H,30,35)(H,28,29,33). The molecule has 0 aliphatic carbocycles. The van der Waals surface area contributed by atoms with E-state index in [2.05, 4.69) is 20.7 Å². The molecular formula is C25H19F2N5O4. The molecule has 0 fully saturated rings. The van der Waals surface area contributed by atoms with Gasteiger partial charge in [0.1, 0.15) is 17.4 Å². The van der Waals surface area contributed by atoms with E-state index in [9.17, 15) is 23.2 Å². The lowest BCUT2D eigenvalue weighted by molar-refractivity contribution is -0.114. The highest BCUT2D eigenvalue weighted by molar-refractivity contribution is 6.03. The molecule has 36 heavy (non-hydrogen) atoms. The minimum atomic E-state index is -0.758. The maximum absolute atomic E-state index is 14.7. The molecule has 4 aromatic rings. The number of nitrogens with zero attached hydrogens (tertiary/aromatic N) is 3. The van der Waals surface area contributed by atoms with Crippen molar-refractivity contribution in [3.05, 3.63) is 100 Å². The summed E-state index contributed by atoms with van der Waals surface area (Å²) in [6, 6.07) is 13.0. The van der Waals surface area contributed by atoms with Crippen molar-refractivity contribution < 1.29 is 23.1 Å². The van der Waals surface area contributed by atoms with Crippen molar-refractivity contribution in [2.24, 2.45) is 0 Å². The SMILES string of the molecule is CC(=O)Nc1cc(Oc2ccc(NC(=O)c3nn(-c4ccc(F)cc4)c(=O)cc3C)cc2F)ccn1. The van der Waals surface area contributed by atoms with Crippen LogP contribution in [0, 0.1) is 18.6 Å². The molecule has 0 saturated carbocycles. The van der Waals surface area contributed by atoms with Crippen LogP contribution in [0.3, 0.4) is 0 Å². The van der Waals surface area contributed by atoms with Gasteiger partial charge in [-0.25, -0.2) is 13.8 Å². The Morgan fingerprint density at radius 1 is 0.972 bits per heavy atom. The summed E-state index contributed by atoms with van der Waals surface area (Å²) >= 11 is 0. The third-order valence-corrected chi connectivity index (χ3v) is 4.86. The molecule has 0 unspecified atom stereocenters. The van der Waals surface area contributed by atoms with E-state index in [1.54, 1.807) is 6.92 Å². The fourth-order valence-electron chi connectivity index (χ4n) is 3.24. The number of aryl methyl sites for hydroxylation is 1. The molecule has 2 N–H and O–H groups in total. The summed E-state index contributed by atoms with van der Waals surface area (Å²) < 4.78 is 34.4. The molecule has 9 nitrogen and oxygen atoms in total. The van der Waals surface area contributed by atoms with Crippen LogP contribution in [0.1, 0.15) is 23.0 Å². The van der Waals surface area contributed by atoms with Gasteiger partial charge in [-0.1, -0.05) is 0 Å². The Labute approximate surface area is 203 Å². The van der Waals surface area contributed by atoms with Gasteiger partial charge in [-0.05, 0) is 55.0 Å². The molecule has 0 spiro atoms. The van der Waals surface area contributed by atoms with Crippen LogP contribution in [-0.2, 0) is 4.79 Å². The highest BCUT2D eigenvalue weighted by atomic mass is 19.1. The summed E-state index contributed by atoms with van der Waals surface area (Å²) in [7, 11) is 0. The number of anilines is 2. The van der Waals surface area contributed by atoms with Crippen molar-refractivity contribution in [3.8, 4) is 17.2 Å². The summed E-state index contributed by atoms with van der Waals surface area (Å²) in [5.74, 6) is -1.86. The monoisotopic (exact) mass is 491 g/mol. The van der Waals surface area contributed by atoms with E-state index in [4.69, 9.17) is 4.74 Å². The Balaban J connectivity index is 1.53. The summed E-state index contributed by atoms with van der Waals surface area (Å²) in [6.07, 6.45) is 1.40. The Bertz CT molecular complexity index is 1520. The van der Waals surface area contributed by atoms with Crippen LogP contribution in [0.15, 0.2) is 71.7 Å².